The molecule has 5 heavy (non-hydrogen) atoms. The maximum absolute atomic E-state index is 8.57. The number of hydrogen-bond donors (Lipinski definition) is 1. The second-order valence-electron chi connectivity index (χ2n) is 0.144. The van der Waals surface area contributed by atoms with E-state index in [9.17, 15) is 0 Å². The largest absolute Gasteiger partial charge is 0.400 e. The molecule has 0 aliphatic carbocycles. The van der Waals surface area contributed by atoms with Gasteiger partial charge in [-0.05, 0) is 6.58 Å². The Morgan fingerprint density at radius 2 is 1.80 bits per heavy atom. The van der Waals surface area contributed by atoms with E-state index in [0.717, 1.165) is 7.11 Å². The summed E-state index contributed by atoms with van der Waals surface area (Å²) in [6.45, 7) is 2.68. The van der Waals surface area contributed by atoms with Crippen molar-refractivity contribution < 1.29 is 9.90 Å². The molecule has 0 atom stereocenters. The minimum atomic E-state index is 1.00. The smallest absolute Gasteiger partial charge is 0.116 e. The van der Waals surface area contributed by atoms with Gasteiger partial charge in [0.25, 0.3) is 0 Å². The van der Waals surface area contributed by atoms with Crippen LogP contribution in [0.3, 0.4) is 0 Å². The van der Waals surface area contributed by atoms with E-state index in [0.29, 0.717) is 0 Å². The second-order valence-corrected chi connectivity index (χ2v) is 0.144. The second kappa shape index (κ2) is 118. The van der Waals surface area contributed by atoms with Gasteiger partial charge in [0.05, 0.1) is 0 Å². The molecule has 0 spiro atoms. The molecule has 0 bridgehead atoms. The van der Waals surface area contributed by atoms with E-state index < -0.39 is 0 Å². The third-order valence-corrected chi connectivity index (χ3v) is 0. The highest BCUT2D eigenvalue weighted by atomic mass is 16.2. The fourth-order valence-corrected chi connectivity index (χ4v) is 0. The van der Waals surface area contributed by atoms with Gasteiger partial charge in [0.15, 0.2) is 0 Å². The Hall–Kier alpha value is -0.590. The summed E-state index contributed by atoms with van der Waals surface area (Å²) in [6.07, 6.45) is 0. The molecule has 0 fully saturated rings. The fourth-order valence-electron chi connectivity index (χ4n) is 0. The van der Waals surface area contributed by atoms with E-state index in [1.54, 1.807) is 0 Å². The number of aliphatic hydroxyl groups excluding tert-OH is 1. The van der Waals surface area contributed by atoms with Crippen LogP contribution >= 0.6 is 0 Å². The van der Waals surface area contributed by atoms with Gasteiger partial charge in [-0.3, -0.25) is 0 Å². The van der Waals surface area contributed by atoms with Crippen LogP contribution in [0.4, 0.5) is 0 Å². The zero-order valence-corrected chi connectivity index (χ0v) is 3.06. The number of carbonyl (C=O) groups excluding carboxylic acids is 1. The lowest BCUT2D eigenvalue weighted by Gasteiger charge is -1.21. The predicted octanol–water partition coefficient (Wildman–Crippen LogP) is -0.388. The average Bonchev–Trinajstić information content (AvgIpc) is 1.46. The molecular weight excluding hydrogens is 68.0 g/mol. The molecular formula is C3H6O2. The van der Waals surface area contributed by atoms with Gasteiger partial charge in [-0.25, -0.2) is 4.79 Å². The van der Waals surface area contributed by atoms with Gasteiger partial charge in [0.2, 0.25) is 0 Å². The normalized spacial score (nSPS) is 2.80. The minimum absolute atomic E-state index is 1.00. The summed E-state index contributed by atoms with van der Waals surface area (Å²) in [5, 5.41) is 7.00. The first-order valence-corrected chi connectivity index (χ1v) is 1.00. The third-order valence-electron chi connectivity index (χ3n) is 0. The summed E-state index contributed by atoms with van der Waals surface area (Å²) in [5.74, 6) is 1.25. The van der Waals surface area contributed by atoms with E-state index in [1.807, 2.05) is 0 Å². The fraction of sp³-hybridized carbons (Fsp3) is 0.333. The molecule has 0 aromatic heterocycles. The van der Waals surface area contributed by atoms with Crippen molar-refractivity contribution in [2.24, 2.45) is 0 Å². The molecule has 2 heteroatoms. The zero-order valence-electron chi connectivity index (χ0n) is 3.06. The van der Waals surface area contributed by atoms with Crippen molar-refractivity contribution in [2.45, 2.75) is 0 Å². The molecule has 0 aromatic carbocycles. The summed E-state index contributed by atoms with van der Waals surface area (Å²) in [4.78, 5) is 8.57. The molecule has 0 unspecified atom stereocenters. The monoisotopic (exact) mass is 74.0 g/mol. The molecule has 1 N–H and O–H groups in total. The minimum Gasteiger partial charge on any atom is -0.400 e. The molecule has 0 heterocycles. The standard InChI is InChI=1S/C2H2O.CH4O/c1-2-3;1-2/h1H2;2H,1H3. The Morgan fingerprint density at radius 3 is 1.80 bits per heavy atom. The number of rotatable bonds is 0. The number of aliphatic hydroxyl groups is 1. The molecule has 0 aromatic rings. The van der Waals surface area contributed by atoms with Crippen LogP contribution in [0.1, 0.15) is 0 Å². The highest BCUT2D eigenvalue weighted by molar-refractivity contribution is 5.38. The third kappa shape index (κ3) is 19.5. The van der Waals surface area contributed by atoms with Gasteiger partial charge >= 0.3 is 0 Å². The molecule has 30 valence electrons. The van der Waals surface area contributed by atoms with Crippen LogP contribution in [-0.2, 0) is 4.79 Å². The van der Waals surface area contributed by atoms with Gasteiger partial charge in [-0.1, -0.05) is 0 Å². The summed E-state index contributed by atoms with van der Waals surface area (Å²) in [7, 11) is 1.00. The van der Waals surface area contributed by atoms with Gasteiger partial charge in [0.1, 0.15) is 5.94 Å². The van der Waals surface area contributed by atoms with Crippen molar-refractivity contribution in [2.75, 3.05) is 7.11 Å². The van der Waals surface area contributed by atoms with Crippen LogP contribution in [0.2, 0.25) is 0 Å². The summed E-state index contributed by atoms with van der Waals surface area (Å²) in [6, 6.07) is 0. The maximum atomic E-state index is 8.57. The van der Waals surface area contributed by atoms with Crippen LogP contribution in [0, 0.1) is 0 Å². The van der Waals surface area contributed by atoms with Gasteiger partial charge < -0.3 is 5.11 Å². The van der Waals surface area contributed by atoms with Gasteiger partial charge in [0, 0.05) is 7.11 Å². The molecule has 0 amide bonds. The molecule has 0 aliphatic rings. The quantitative estimate of drug-likeness (QED) is 0.397. The lowest BCUT2D eigenvalue weighted by Crippen LogP contribution is -1.25. The zero-order chi connectivity index (χ0) is 4.71. The van der Waals surface area contributed by atoms with Crippen molar-refractivity contribution in [1.82, 2.24) is 0 Å². The van der Waals surface area contributed by atoms with Gasteiger partial charge in [-0.15, -0.1) is 0 Å². The lowest BCUT2D eigenvalue weighted by molar-refractivity contribution is 0.399. The predicted molar refractivity (Wildman–Crippen MR) is 19.5 cm³/mol. The Balaban J connectivity index is 0. The first-order valence-electron chi connectivity index (χ1n) is 1.00. The maximum Gasteiger partial charge on any atom is 0.116 e. The number of hydrogen-bond acceptors (Lipinski definition) is 2. The molecule has 0 rings (SSSR count). The molecule has 0 radical (unpaired) electrons. The van der Waals surface area contributed by atoms with E-state index in [2.05, 4.69) is 6.58 Å². The Morgan fingerprint density at radius 1 is 1.80 bits per heavy atom. The van der Waals surface area contributed by atoms with Crippen molar-refractivity contribution in [3.63, 3.8) is 0 Å². The molecule has 2 nitrogen and oxygen atoms in total. The lowest BCUT2D eigenvalue weighted by atomic mass is 11.2. The Labute approximate surface area is 30.7 Å². The van der Waals surface area contributed by atoms with E-state index in [4.69, 9.17) is 9.90 Å². The molecule has 0 saturated heterocycles. The van der Waals surface area contributed by atoms with Crippen LogP contribution < -0.4 is 0 Å². The van der Waals surface area contributed by atoms with E-state index in [-0.39, 0.29) is 0 Å². The highest BCUT2D eigenvalue weighted by Crippen LogP contribution is 0.894. The average molecular weight is 74.1 g/mol. The molecule has 0 saturated carbocycles. The van der Waals surface area contributed by atoms with Crippen LogP contribution in [0.5, 0.6) is 0 Å². The first-order chi connectivity index (χ1) is 2.41. The van der Waals surface area contributed by atoms with Crippen molar-refractivity contribution in [3.05, 3.63) is 6.58 Å². The highest BCUT2D eigenvalue weighted by Gasteiger charge is 1.01. The van der Waals surface area contributed by atoms with Crippen LogP contribution in [0.25, 0.3) is 0 Å². The van der Waals surface area contributed by atoms with Crippen molar-refractivity contribution in [1.29, 1.82) is 0 Å². The van der Waals surface area contributed by atoms with Gasteiger partial charge in [-0.2, -0.15) is 0 Å². The summed E-state index contributed by atoms with van der Waals surface area (Å²) in [5.41, 5.74) is 0. The van der Waals surface area contributed by atoms with Crippen molar-refractivity contribution >= 4 is 5.94 Å². The molecule has 0 aliphatic heterocycles. The van der Waals surface area contributed by atoms with Crippen molar-refractivity contribution in [3.8, 4) is 0 Å². The Bertz CT molecular complexity index is 25.9. The van der Waals surface area contributed by atoms with E-state index >= 15 is 0 Å². The summed E-state index contributed by atoms with van der Waals surface area (Å²) >= 11 is 0. The summed E-state index contributed by atoms with van der Waals surface area (Å²) < 4.78 is 0. The first kappa shape index (κ1) is 8.83. The topological polar surface area (TPSA) is 37.3 Å². The Kier molecular flexibility index (Phi) is 208. The van der Waals surface area contributed by atoms with Crippen LogP contribution in [-0.4, -0.2) is 18.2 Å². The SMILES string of the molecule is C=C=O.CO. The van der Waals surface area contributed by atoms with E-state index in [1.165, 1.54) is 5.94 Å². The van der Waals surface area contributed by atoms with Crippen LogP contribution in [0.15, 0.2) is 6.58 Å².